The van der Waals surface area contributed by atoms with Crippen LogP contribution in [0.15, 0.2) is 47.4 Å². The van der Waals surface area contributed by atoms with Gasteiger partial charge in [0.2, 0.25) is 10.0 Å². The van der Waals surface area contributed by atoms with Crippen LogP contribution in [0.2, 0.25) is 0 Å². The molecule has 2 rings (SSSR count). The first-order valence-electron chi connectivity index (χ1n) is 6.08. The number of anilines is 2. The molecule has 5 N–H and O–H groups in total. The molecule has 2 aromatic carbocycles. The van der Waals surface area contributed by atoms with Gasteiger partial charge in [0.15, 0.2) is 0 Å². The average Bonchev–Trinajstić information content (AvgIpc) is 2.41. The van der Waals surface area contributed by atoms with Crippen molar-refractivity contribution < 1.29 is 13.2 Å². The number of hydrogen-bond acceptors (Lipinski definition) is 4. The Morgan fingerprint density at radius 1 is 1.10 bits per heavy atom. The molecule has 0 aromatic heterocycles. The molecule has 0 aliphatic heterocycles. The lowest BCUT2D eigenvalue weighted by molar-refractivity contribution is 0.102. The van der Waals surface area contributed by atoms with Gasteiger partial charge in [-0.15, -0.1) is 0 Å². The van der Waals surface area contributed by atoms with Crippen LogP contribution in [-0.2, 0) is 10.0 Å². The van der Waals surface area contributed by atoms with Gasteiger partial charge in [0.05, 0.1) is 4.90 Å². The second kappa shape index (κ2) is 5.55. The maximum Gasteiger partial charge on any atom is 0.256 e. The number of nitrogen functional groups attached to an aromatic ring is 1. The van der Waals surface area contributed by atoms with Crippen LogP contribution in [0.3, 0.4) is 0 Å². The zero-order valence-electron chi connectivity index (χ0n) is 11.3. The van der Waals surface area contributed by atoms with E-state index in [-0.39, 0.29) is 10.8 Å². The first-order chi connectivity index (χ1) is 9.79. The predicted octanol–water partition coefficient (Wildman–Crippen LogP) is 1.48. The number of benzene rings is 2. The van der Waals surface area contributed by atoms with Gasteiger partial charge in [-0.3, -0.25) is 4.79 Å². The smallest absolute Gasteiger partial charge is 0.256 e. The van der Waals surface area contributed by atoms with E-state index in [4.69, 9.17) is 10.9 Å². The maximum atomic E-state index is 12.2. The Hall–Kier alpha value is -2.38. The number of primary sulfonamides is 1. The molecule has 0 saturated carbocycles. The SMILES string of the molecule is Cc1c(N)cccc1C(=O)Nc1ccc(S(N)(=O)=O)cc1. The van der Waals surface area contributed by atoms with Crippen molar-refractivity contribution in [3.63, 3.8) is 0 Å². The first kappa shape index (κ1) is 15.0. The largest absolute Gasteiger partial charge is 0.398 e. The second-order valence-corrected chi connectivity index (χ2v) is 6.10. The lowest BCUT2D eigenvalue weighted by atomic mass is 10.1. The average molecular weight is 305 g/mol. The number of carbonyl (C=O) groups excluding carboxylic acids is 1. The van der Waals surface area contributed by atoms with Gasteiger partial charge in [-0.05, 0) is 48.9 Å². The Balaban J connectivity index is 2.22. The van der Waals surface area contributed by atoms with Crippen molar-refractivity contribution in [2.24, 2.45) is 5.14 Å². The van der Waals surface area contributed by atoms with Gasteiger partial charge in [-0.1, -0.05) is 6.07 Å². The van der Waals surface area contributed by atoms with E-state index in [0.717, 1.165) is 0 Å². The Morgan fingerprint density at radius 3 is 2.29 bits per heavy atom. The molecule has 110 valence electrons. The molecule has 1 amide bonds. The van der Waals surface area contributed by atoms with Gasteiger partial charge in [-0.25, -0.2) is 13.6 Å². The normalized spacial score (nSPS) is 11.1. The number of amides is 1. The summed E-state index contributed by atoms with van der Waals surface area (Å²) in [6, 6.07) is 10.7. The topological polar surface area (TPSA) is 115 Å². The summed E-state index contributed by atoms with van der Waals surface area (Å²) < 4.78 is 22.3. The minimum atomic E-state index is -3.74. The third kappa shape index (κ3) is 3.39. The number of nitrogens with one attached hydrogen (secondary N) is 1. The summed E-state index contributed by atoms with van der Waals surface area (Å²) in [7, 11) is -3.74. The highest BCUT2D eigenvalue weighted by molar-refractivity contribution is 7.89. The van der Waals surface area contributed by atoms with Crippen LogP contribution in [0, 0.1) is 6.92 Å². The molecule has 21 heavy (non-hydrogen) atoms. The number of hydrogen-bond donors (Lipinski definition) is 3. The molecular formula is C14H15N3O3S. The zero-order valence-corrected chi connectivity index (χ0v) is 12.1. The summed E-state index contributed by atoms with van der Waals surface area (Å²) >= 11 is 0. The van der Waals surface area contributed by atoms with Crippen molar-refractivity contribution >= 4 is 27.3 Å². The molecule has 6 nitrogen and oxygen atoms in total. The van der Waals surface area contributed by atoms with Gasteiger partial charge in [0, 0.05) is 16.9 Å². The Kier molecular flexibility index (Phi) is 3.97. The van der Waals surface area contributed by atoms with E-state index >= 15 is 0 Å². The number of sulfonamides is 1. The van der Waals surface area contributed by atoms with E-state index in [1.807, 2.05) is 0 Å². The van der Waals surface area contributed by atoms with Gasteiger partial charge >= 0.3 is 0 Å². The van der Waals surface area contributed by atoms with Crippen LogP contribution in [-0.4, -0.2) is 14.3 Å². The summed E-state index contributed by atoms with van der Waals surface area (Å²) in [6.07, 6.45) is 0. The molecule has 0 fully saturated rings. The van der Waals surface area contributed by atoms with Gasteiger partial charge in [-0.2, -0.15) is 0 Å². The molecular weight excluding hydrogens is 290 g/mol. The molecule has 0 saturated heterocycles. The highest BCUT2D eigenvalue weighted by atomic mass is 32.2. The Morgan fingerprint density at radius 2 is 1.71 bits per heavy atom. The highest BCUT2D eigenvalue weighted by Crippen LogP contribution is 2.18. The van der Waals surface area contributed by atoms with Crippen molar-refractivity contribution in [3.05, 3.63) is 53.6 Å². The van der Waals surface area contributed by atoms with E-state index in [9.17, 15) is 13.2 Å². The van der Waals surface area contributed by atoms with Crippen LogP contribution < -0.4 is 16.2 Å². The Labute approximate surface area is 122 Å². The molecule has 2 aromatic rings. The van der Waals surface area contributed by atoms with E-state index < -0.39 is 10.0 Å². The fraction of sp³-hybridized carbons (Fsp3) is 0.0714. The zero-order chi connectivity index (χ0) is 15.6. The van der Waals surface area contributed by atoms with Gasteiger partial charge in [0.1, 0.15) is 0 Å². The second-order valence-electron chi connectivity index (χ2n) is 4.54. The molecule has 0 spiro atoms. The number of carbonyl (C=O) groups is 1. The molecule has 0 bridgehead atoms. The van der Waals surface area contributed by atoms with E-state index in [2.05, 4.69) is 5.32 Å². The van der Waals surface area contributed by atoms with Crippen LogP contribution >= 0.6 is 0 Å². The summed E-state index contributed by atoms with van der Waals surface area (Å²) in [5, 5.41) is 7.68. The van der Waals surface area contributed by atoms with E-state index in [0.29, 0.717) is 22.5 Å². The fourth-order valence-corrected chi connectivity index (χ4v) is 2.34. The monoisotopic (exact) mass is 305 g/mol. The molecule has 0 radical (unpaired) electrons. The molecule has 0 unspecified atom stereocenters. The van der Waals surface area contributed by atoms with Crippen molar-refractivity contribution in [1.82, 2.24) is 0 Å². The van der Waals surface area contributed by atoms with E-state index in [1.165, 1.54) is 24.3 Å². The van der Waals surface area contributed by atoms with Crippen molar-refractivity contribution in [2.75, 3.05) is 11.1 Å². The minimum Gasteiger partial charge on any atom is -0.398 e. The van der Waals surface area contributed by atoms with Gasteiger partial charge in [0.25, 0.3) is 5.91 Å². The molecule has 0 heterocycles. The van der Waals surface area contributed by atoms with Crippen LogP contribution in [0.1, 0.15) is 15.9 Å². The maximum absolute atomic E-state index is 12.2. The lowest BCUT2D eigenvalue weighted by Gasteiger charge is -2.09. The number of nitrogens with two attached hydrogens (primary N) is 2. The fourth-order valence-electron chi connectivity index (χ4n) is 1.83. The summed E-state index contributed by atoms with van der Waals surface area (Å²) in [4.78, 5) is 12.1. The van der Waals surface area contributed by atoms with Crippen LogP contribution in [0.5, 0.6) is 0 Å². The van der Waals surface area contributed by atoms with Crippen LogP contribution in [0.25, 0.3) is 0 Å². The van der Waals surface area contributed by atoms with Crippen molar-refractivity contribution in [2.45, 2.75) is 11.8 Å². The standard InChI is InChI=1S/C14H15N3O3S/c1-9-12(3-2-4-13(9)15)14(18)17-10-5-7-11(8-6-10)21(16,19)20/h2-8H,15H2,1H3,(H,17,18)(H2,16,19,20). The first-order valence-corrected chi connectivity index (χ1v) is 7.63. The predicted molar refractivity (Wildman–Crippen MR) is 81.4 cm³/mol. The van der Waals surface area contributed by atoms with Crippen molar-refractivity contribution in [3.8, 4) is 0 Å². The Bertz CT molecular complexity index is 784. The van der Waals surface area contributed by atoms with Gasteiger partial charge < -0.3 is 11.1 Å². The summed E-state index contributed by atoms with van der Waals surface area (Å²) in [5.74, 6) is -0.317. The quantitative estimate of drug-likeness (QED) is 0.745. The summed E-state index contributed by atoms with van der Waals surface area (Å²) in [5.41, 5.74) is 7.91. The van der Waals surface area contributed by atoms with E-state index in [1.54, 1.807) is 25.1 Å². The molecule has 7 heteroatoms. The molecule has 0 aliphatic rings. The third-order valence-electron chi connectivity index (χ3n) is 3.06. The number of rotatable bonds is 3. The highest BCUT2D eigenvalue weighted by Gasteiger charge is 2.12. The lowest BCUT2D eigenvalue weighted by Crippen LogP contribution is -2.15. The molecule has 0 atom stereocenters. The summed E-state index contributed by atoms with van der Waals surface area (Å²) in [6.45, 7) is 1.76. The van der Waals surface area contributed by atoms with Crippen LogP contribution in [0.4, 0.5) is 11.4 Å². The third-order valence-corrected chi connectivity index (χ3v) is 3.99. The van der Waals surface area contributed by atoms with Crippen molar-refractivity contribution in [1.29, 1.82) is 0 Å². The molecule has 0 aliphatic carbocycles. The minimum absolute atomic E-state index is 0.0133.